The van der Waals surface area contributed by atoms with Gasteiger partial charge in [-0.3, -0.25) is 4.79 Å². The summed E-state index contributed by atoms with van der Waals surface area (Å²) in [4.78, 5) is 19.2. The summed E-state index contributed by atoms with van der Waals surface area (Å²) >= 11 is 1.54. The van der Waals surface area contributed by atoms with Crippen molar-refractivity contribution < 1.29 is 9.18 Å². The van der Waals surface area contributed by atoms with E-state index in [9.17, 15) is 9.18 Å². The van der Waals surface area contributed by atoms with Crippen LogP contribution in [0.1, 0.15) is 40.9 Å². The molecule has 1 N–H and O–H groups in total. The number of piperazine rings is 1. The number of aromatic nitrogens is 1. The first-order valence-electron chi connectivity index (χ1n) is 8.26. The second-order valence-corrected chi connectivity index (χ2v) is 7.44. The van der Waals surface area contributed by atoms with Gasteiger partial charge in [-0.05, 0) is 23.6 Å². The van der Waals surface area contributed by atoms with Gasteiger partial charge in [-0.15, -0.1) is 11.3 Å². The third kappa shape index (κ3) is 3.82. The van der Waals surface area contributed by atoms with Gasteiger partial charge in [-0.1, -0.05) is 26.0 Å². The molecule has 6 heteroatoms. The lowest BCUT2D eigenvalue weighted by Gasteiger charge is -2.36. The van der Waals surface area contributed by atoms with Crippen molar-refractivity contribution in [3.63, 3.8) is 0 Å². The molecule has 2 heterocycles. The van der Waals surface area contributed by atoms with Gasteiger partial charge in [0.25, 0.3) is 5.91 Å². The van der Waals surface area contributed by atoms with Crippen molar-refractivity contribution in [1.29, 1.82) is 0 Å². The van der Waals surface area contributed by atoms with Crippen molar-refractivity contribution in [1.82, 2.24) is 15.2 Å². The molecule has 1 saturated heterocycles. The second-order valence-electron chi connectivity index (χ2n) is 6.50. The van der Waals surface area contributed by atoms with Crippen LogP contribution >= 0.6 is 11.3 Å². The fraction of sp³-hybridized carbons (Fsp3) is 0.444. The van der Waals surface area contributed by atoms with Crippen LogP contribution in [-0.2, 0) is 6.42 Å². The fourth-order valence-electron chi connectivity index (χ4n) is 2.96. The van der Waals surface area contributed by atoms with Crippen molar-refractivity contribution in [3.8, 4) is 0 Å². The van der Waals surface area contributed by atoms with Gasteiger partial charge in [0.05, 0.1) is 11.0 Å². The number of rotatable bonds is 4. The van der Waals surface area contributed by atoms with E-state index in [-0.39, 0.29) is 17.8 Å². The predicted molar refractivity (Wildman–Crippen MR) is 93.7 cm³/mol. The van der Waals surface area contributed by atoms with Crippen LogP contribution in [0.15, 0.2) is 29.6 Å². The first-order valence-corrected chi connectivity index (χ1v) is 9.14. The van der Waals surface area contributed by atoms with Crippen LogP contribution in [0.2, 0.25) is 0 Å². The molecule has 1 amide bonds. The van der Waals surface area contributed by atoms with Crippen molar-refractivity contribution in [2.75, 3.05) is 19.6 Å². The second kappa shape index (κ2) is 7.40. The summed E-state index contributed by atoms with van der Waals surface area (Å²) in [5, 5.41) is 6.12. The topological polar surface area (TPSA) is 45.2 Å². The molecule has 1 fully saturated rings. The molecule has 1 unspecified atom stereocenters. The van der Waals surface area contributed by atoms with E-state index in [1.54, 1.807) is 11.0 Å². The summed E-state index contributed by atoms with van der Waals surface area (Å²) in [6.07, 6.45) is 0.882. The van der Waals surface area contributed by atoms with E-state index in [2.05, 4.69) is 24.1 Å². The van der Waals surface area contributed by atoms with Gasteiger partial charge >= 0.3 is 0 Å². The Morgan fingerprint density at radius 3 is 3.08 bits per heavy atom. The number of hydrogen-bond donors (Lipinski definition) is 1. The van der Waals surface area contributed by atoms with Gasteiger partial charge < -0.3 is 10.2 Å². The molecule has 3 rings (SSSR count). The first-order chi connectivity index (χ1) is 11.5. The van der Waals surface area contributed by atoms with Crippen LogP contribution in [0, 0.1) is 11.7 Å². The summed E-state index contributed by atoms with van der Waals surface area (Å²) in [6.45, 7) is 6.23. The maximum absolute atomic E-state index is 13.6. The smallest absolute Gasteiger partial charge is 0.273 e. The molecule has 0 spiro atoms. The molecular formula is C18H22FN3OS. The predicted octanol–water partition coefficient (Wildman–Crippen LogP) is 3.27. The summed E-state index contributed by atoms with van der Waals surface area (Å²) in [6, 6.07) is 6.31. The molecular weight excluding hydrogens is 325 g/mol. The molecule has 24 heavy (non-hydrogen) atoms. The van der Waals surface area contributed by atoms with Gasteiger partial charge in [0, 0.05) is 31.4 Å². The van der Waals surface area contributed by atoms with E-state index in [1.807, 2.05) is 11.4 Å². The zero-order chi connectivity index (χ0) is 17.1. The molecule has 1 aliphatic heterocycles. The Morgan fingerprint density at radius 1 is 1.50 bits per heavy atom. The molecule has 0 saturated carbocycles. The van der Waals surface area contributed by atoms with E-state index in [0.29, 0.717) is 24.7 Å². The SMILES string of the molecule is CC(C)Cc1nc(C(=O)N2CCNCC2c2cccc(F)c2)cs1. The van der Waals surface area contributed by atoms with E-state index >= 15 is 0 Å². The number of benzene rings is 1. The summed E-state index contributed by atoms with van der Waals surface area (Å²) in [5.74, 6) is 0.161. The van der Waals surface area contributed by atoms with Crippen LogP contribution in [-0.4, -0.2) is 35.4 Å². The van der Waals surface area contributed by atoms with Gasteiger partial charge in [0.2, 0.25) is 0 Å². The Morgan fingerprint density at radius 2 is 2.33 bits per heavy atom. The van der Waals surface area contributed by atoms with Crippen LogP contribution in [0.25, 0.3) is 0 Å². The van der Waals surface area contributed by atoms with Crippen molar-refractivity contribution in [3.05, 3.63) is 51.7 Å². The summed E-state index contributed by atoms with van der Waals surface area (Å²) in [7, 11) is 0. The number of nitrogens with zero attached hydrogens (tertiary/aromatic N) is 2. The van der Waals surface area contributed by atoms with Crippen LogP contribution < -0.4 is 5.32 Å². The molecule has 2 aromatic rings. The van der Waals surface area contributed by atoms with E-state index in [0.717, 1.165) is 23.5 Å². The molecule has 0 bridgehead atoms. The number of carbonyl (C=O) groups is 1. The Bertz CT molecular complexity index is 716. The molecule has 1 aliphatic rings. The number of halogens is 1. The molecule has 4 nitrogen and oxygen atoms in total. The number of carbonyl (C=O) groups excluding carboxylic acids is 1. The number of nitrogens with one attached hydrogen (secondary N) is 1. The van der Waals surface area contributed by atoms with E-state index in [1.165, 1.54) is 23.5 Å². The third-order valence-corrected chi connectivity index (χ3v) is 4.96. The van der Waals surface area contributed by atoms with Crippen LogP contribution in [0.4, 0.5) is 4.39 Å². The zero-order valence-corrected chi connectivity index (χ0v) is 14.8. The standard InChI is InChI=1S/C18H22FN3OS/c1-12(2)8-17-21-15(11-24-17)18(23)22-7-6-20-10-16(22)13-4-3-5-14(19)9-13/h3-5,9,11-12,16,20H,6-8,10H2,1-2H3. The van der Waals surface area contributed by atoms with E-state index < -0.39 is 0 Å². The highest BCUT2D eigenvalue weighted by molar-refractivity contribution is 7.09. The highest BCUT2D eigenvalue weighted by Crippen LogP contribution is 2.25. The maximum atomic E-state index is 13.6. The minimum Gasteiger partial charge on any atom is -0.328 e. The quantitative estimate of drug-likeness (QED) is 0.923. The number of amides is 1. The number of thiazole rings is 1. The molecule has 0 radical (unpaired) electrons. The Balaban J connectivity index is 1.82. The Hall–Kier alpha value is -1.79. The normalized spacial score (nSPS) is 18.2. The van der Waals surface area contributed by atoms with Crippen molar-refractivity contribution in [2.24, 2.45) is 5.92 Å². The highest BCUT2D eigenvalue weighted by atomic mass is 32.1. The number of hydrogen-bond acceptors (Lipinski definition) is 4. The average molecular weight is 347 g/mol. The van der Waals surface area contributed by atoms with Gasteiger partial charge in [0.1, 0.15) is 11.5 Å². The minimum absolute atomic E-state index is 0.0722. The summed E-state index contributed by atoms with van der Waals surface area (Å²) in [5.41, 5.74) is 1.31. The Labute approximate surface area is 145 Å². The van der Waals surface area contributed by atoms with Gasteiger partial charge in [0.15, 0.2) is 0 Å². The lowest BCUT2D eigenvalue weighted by molar-refractivity contribution is 0.0628. The maximum Gasteiger partial charge on any atom is 0.273 e. The largest absolute Gasteiger partial charge is 0.328 e. The highest BCUT2D eigenvalue weighted by Gasteiger charge is 2.30. The lowest BCUT2D eigenvalue weighted by Crippen LogP contribution is -2.48. The molecule has 1 aromatic carbocycles. The van der Waals surface area contributed by atoms with Crippen molar-refractivity contribution >= 4 is 17.2 Å². The van der Waals surface area contributed by atoms with E-state index in [4.69, 9.17) is 0 Å². The monoisotopic (exact) mass is 347 g/mol. The van der Waals surface area contributed by atoms with Crippen molar-refractivity contribution in [2.45, 2.75) is 26.3 Å². The van der Waals surface area contributed by atoms with Gasteiger partial charge in [-0.2, -0.15) is 0 Å². The van der Waals surface area contributed by atoms with Crippen LogP contribution in [0.3, 0.4) is 0 Å². The Kier molecular flexibility index (Phi) is 5.26. The zero-order valence-electron chi connectivity index (χ0n) is 14.0. The fourth-order valence-corrected chi connectivity index (χ4v) is 3.94. The minimum atomic E-state index is -0.279. The van der Waals surface area contributed by atoms with Crippen LogP contribution in [0.5, 0.6) is 0 Å². The molecule has 0 aliphatic carbocycles. The first kappa shape index (κ1) is 17.0. The molecule has 1 aromatic heterocycles. The molecule has 1 atom stereocenters. The lowest BCUT2D eigenvalue weighted by atomic mass is 10.0. The van der Waals surface area contributed by atoms with Gasteiger partial charge in [-0.25, -0.2) is 9.37 Å². The molecule has 128 valence electrons. The third-order valence-electron chi connectivity index (χ3n) is 4.09. The average Bonchev–Trinajstić information content (AvgIpc) is 3.02. The summed E-state index contributed by atoms with van der Waals surface area (Å²) < 4.78 is 13.6.